The first kappa shape index (κ1) is 15.5. The van der Waals surface area contributed by atoms with Crippen molar-refractivity contribution in [2.45, 2.75) is 19.8 Å². The van der Waals surface area contributed by atoms with Crippen molar-refractivity contribution in [1.82, 2.24) is 4.90 Å². The lowest BCUT2D eigenvalue weighted by Crippen LogP contribution is -2.45. The van der Waals surface area contributed by atoms with E-state index in [1.807, 2.05) is 0 Å². The van der Waals surface area contributed by atoms with E-state index in [9.17, 15) is 9.50 Å². The molecule has 0 saturated carbocycles. The molecule has 1 N–H and O–H groups in total. The second-order valence-corrected chi connectivity index (χ2v) is 6.18. The SMILES string of the molecule is CC1(CO)CCCN(CCOc2ccc(F)cc2Cl)C1. The molecule has 20 heavy (non-hydrogen) atoms. The normalized spacial score (nSPS) is 23.8. The second kappa shape index (κ2) is 6.74. The third-order valence-corrected chi connectivity index (χ3v) is 4.10. The minimum Gasteiger partial charge on any atom is -0.491 e. The number of nitrogens with zero attached hydrogens (tertiary/aromatic N) is 1. The first-order chi connectivity index (χ1) is 9.52. The lowest BCUT2D eigenvalue weighted by Gasteiger charge is -2.39. The Balaban J connectivity index is 1.81. The van der Waals surface area contributed by atoms with E-state index in [1.54, 1.807) is 6.07 Å². The smallest absolute Gasteiger partial charge is 0.138 e. The van der Waals surface area contributed by atoms with Crippen LogP contribution in [0.2, 0.25) is 5.02 Å². The highest BCUT2D eigenvalue weighted by molar-refractivity contribution is 6.32. The van der Waals surface area contributed by atoms with E-state index in [4.69, 9.17) is 16.3 Å². The molecule has 5 heteroatoms. The van der Waals surface area contributed by atoms with E-state index >= 15 is 0 Å². The van der Waals surface area contributed by atoms with Gasteiger partial charge in [0.2, 0.25) is 0 Å². The Kier molecular flexibility index (Phi) is 5.24. The molecule has 2 rings (SSSR count). The number of halogens is 2. The fourth-order valence-electron chi connectivity index (χ4n) is 2.62. The Bertz CT molecular complexity index is 457. The molecular weight excluding hydrogens is 281 g/mol. The van der Waals surface area contributed by atoms with Gasteiger partial charge in [-0.2, -0.15) is 0 Å². The molecule has 1 aromatic rings. The highest BCUT2D eigenvalue weighted by atomic mass is 35.5. The van der Waals surface area contributed by atoms with Crippen molar-refractivity contribution in [3.05, 3.63) is 29.0 Å². The average molecular weight is 302 g/mol. The van der Waals surface area contributed by atoms with Crippen LogP contribution in [0.1, 0.15) is 19.8 Å². The summed E-state index contributed by atoms with van der Waals surface area (Å²) in [4.78, 5) is 2.29. The molecule has 1 aliphatic heterocycles. The third-order valence-electron chi connectivity index (χ3n) is 3.80. The molecule has 3 nitrogen and oxygen atoms in total. The molecule has 1 fully saturated rings. The summed E-state index contributed by atoms with van der Waals surface area (Å²) in [6, 6.07) is 4.14. The zero-order valence-electron chi connectivity index (χ0n) is 11.7. The molecule has 0 bridgehead atoms. The number of aliphatic hydroxyl groups excluding tert-OH is 1. The van der Waals surface area contributed by atoms with Crippen LogP contribution < -0.4 is 4.74 Å². The van der Waals surface area contributed by atoms with Crippen LogP contribution in [0.3, 0.4) is 0 Å². The maximum atomic E-state index is 12.9. The van der Waals surface area contributed by atoms with E-state index in [1.165, 1.54) is 12.1 Å². The predicted octanol–water partition coefficient (Wildman–Crippen LogP) is 2.95. The number of hydrogen-bond donors (Lipinski definition) is 1. The van der Waals surface area contributed by atoms with Gasteiger partial charge < -0.3 is 9.84 Å². The average Bonchev–Trinajstić information content (AvgIpc) is 2.41. The van der Waals surface area contributed by atoms with E-state index in [0.29, 0.717) is 17.4 Å². The lowest BCUT2D eigenvalue weighted by atomic mass is 9.83. The number of ether oxygens (including phenoxy) is 1. The molecule has 1 aromatic carbocycles. The fraction of sp³-hybridized carbons (Fsp3) is 0.600. The van der Waals surface area contributed by atoms with E-state index in [0.717, 1.165) is 32.5 Å². The molecule has 112 valence electrons. The van der Waals surface area contributed by atoms with Crippen LogP contribution in [0, 0.1) is 11.2 Å². The van der Waals surface area contributed by atoms with Gasteiger partial charge in [-0.15, -0.1) is 0 Å². The van der Waals surface area contributed by atoms with Crippen LogP contribution in [0.4, 0.5) is 4.39 Å². The molecule has 1 atom stereocenters. The van der Waals surface area contributed by atoms with Crippen molar-refractivity contribution < 1.29 is 14.2 Å². The van der Waals surface area contributed by atoms with Gasteiger partial charge in [0, 0.05) is 25.1 Å². The highest BCUT2D eigenvalue weighted by Crippen LogP contribution is 2.29. The molecule has 0 spiro atoms. The molecule has 0 radical (unpaired) electrons. The lowest BCUT2D eigenvalue weighted by molar-refractivity contribution is 0.0406. The van der Waals surface area contributed by atoms with Crippen LogP contribution in [0.5, 0.6) is 5.75 Å². The van der Waals surface area contributed by atoms with Crippen molar-refractivity contribution in [1.29, 1.82) is 0 Å². The molecule has 0 aliphatic carbocycles. The van der Waals surface area contributed by atoms with Crippen LogP contribution in [-0.4, -0.2) is 42.9 Å². The number of benzene rings is 1. The summed E-state index contributed by atoms with van der Waals surface area (Å²) in [5.41, 5.74) is -0.00816. The molecule has 1 saturated heterocycles. The van der Waals surface area contributed by atoms with E-state index in [2.05, 4.69) is 11.8 Å². The monoisotopic (exact) mass is 301 g/mol. The molecule has 1 aliphatic rings. The summed E-state index contributed by atoms with van der Waals surface area (Å²) >= 11 is 5.91. The predicted molar refractivity (Wildman–Crippen MR) is 77.8 cm³/mol. The number of likely N-dealkylation sites (tertiary alicyclic amines) is 1. The molecule has 1 heterocycles. The topological polar surface area (TPSA) is 32.7 Å². The first-order valence-corrected chi connectivity index (χ1v) is 7.31. The van der Waals surface area contributed by atoms with E-state index < -0.39 is 0 Å². The quantitative estimate of drug-likeness (QED) is 0.907. The zero-order valence-corrected chi connectivity index (χ0v) is 12.5. The minimum atomic E-state index is -0.364. The van der Waals surface area contributed by atoms with Gasteiger partial charge in [0.25, 0.3) is 0 Å². The Morgan fingerprint density at radius 3 is 3.00 bits per heavy atom. The largest absolute Gasteiger partial charge is 0.491 e. The van der Waals surface area contributed by atoms with Gasteiger partial charge >= 0.3 is 0 Å². The van der Waals surface area contributed by atoms with Crippen LogP contribution in [-0.2, 0) is 0 Å². The maximum Gasteiger partial charge on any atom is 0.138 e. The van der Waals surface area contributed by atoms with E-state index in [-0.39, 0.29) is 17.8 Å². The van der Waals surface area contributed by atoms with Gasteiger partial charge in [0.05, 0.1) is 5.02 Å². The number of aliphatic hydroxyl groups is 1. The summed E-state index contributed by atoms with van der Waals surface area (Å²) in [6.07, 6.45) is 2.15. The summed E-state index contributed by atoms with van der Waals surface area (Å²) in [5.74, 6) is 0.145. The van der Waals surface area contributed by atoms with Gasteiger partial charge in [-0.25, -0.2) is 4.39 Å². The Labute approximate surface area is 124 Å². The summed E-state index contributed by atoms with van der Waals surface area (Å²) in [7, 11) is 0. The Hall–Kier alpha value is -0.840. The molecule has 0 aromatic heterocycles. The van der Waals surface area contributed by atoms with Crippen LogP contribution in [0.15, 0.2) is 18.2 Å². The first-order valence-electron chi connectivity index (χ1n) is 6.93. The molecule has 0 amide bonds. The second-order valence-electron chi connectivity index (χ2n) is 5.77. The zero-order chi connectivity index (χ0) is 14.6. The van der Waals surface area contributed by atoms with Gasteiger partial charge in [0.15, 0.2) is 0 Å². The Morgan fingerprint density at radius 2 is 2.30 bits per heavy atom. The van der Waals surface area contributed by atoms with Gasteiger partial charge in [-0.1, -0.05) is 18.5 Å². The van der Waals surface area contributed by atoms with Crippen molar-refractivity contribution in [2.24, 2.45) is 5.41 Å². The highest BCUT2D eigenvalue weighted by Gasteiger charge is 2.29. The third kappa shape index (κ3) is 4.08. The van der Waals surface area contributed by atoms with Crippen molar-refractivity contribution in [3.8, 4) is 5.75 Å². The number of piperidine rings is 1. The van der Waals surface area contributed by atoms with Gasteiger partial charge in [-0.3, -0.25) is 4.90 Å². The van der Waals surface area contributed by atoms with Crippen molar-refractivity contribution in [2.75, 3.05) is 32.8 Å². The number of hydrogen-bond acceptors (Lipinski definition) is 3. The standard InChI is InChI=1S/C15H21ClFNO2/c1-15(11-19)5-2-6-18(10-15)7-8-20-14-4-3-12(17)9-13(14)16/h3-4,9,19H,2,5-8,10-11H2,1H3. The van der Waals surface area contributed by atoms with Gasteiger partial charge in [0.1, 0.15) is 18.2 Å². The summed E-state index contributed by atoms with van der Waals surface area (Å²) < 4.78 is 18.5. The molecule has 1 unspecified atom stereocenters. The fourth-order valence-corrected chi connectivity index (χ4v) is 2.85. The minimum absolute atomic E-state index is 0.00816. The summed E-state index contributed by atoms with van der Waals surface area (Å²) in [5, 5.41) is 9.72. The summed E-state index contributed by atoms with van der Waals surface area (Å²) in [6.45, 7) is 5.52. The molecular formula is C15H21ClFNO2. The maximum absolute atomic E-state index is 12.9. The Morgan fingerprint density at radius 1 is 1.50 bits per heavy atom. The van der Waals surface area contributed by atoms with Crippen LogP contribution in [0.25, 0.3) is 0 Å². The van der Waals surface area contributed by atoms with Crippen molar-refractivity contribution >= 4 is 11.6 Å². The number of rotatable bonds is 5. The van der Waals surface area contributed by atoms with Gasteiger partial charge in [-0.05, 0) is 37.6 Å². The van der Waals surface area contributed by atoms with Crippen molar-refractivity contribution in [3.63, 3.8) is 0 Å². The van der Waals surface area contributed by atoms with Crippen LogP contribution >= 0.6 is 11.6 Å².